The third-order valence-electron chi connectivity index (χ3n) is 2.77. The van der Waals surface area contributed by atoms with Crippen molar-refractivity contribution >= 4 is 18.7 Å². The van der Waals surface area contributed by atoms with Gasteiger partial charge in [0.2, 0.25) is 5.91 Å². The van der Waals surface area contributed by atoms with E-state index in [0.29, 0.717) is 5.56 Å². The van der Waals surface area contributed by atoms with Gasteiger partial charge in [0.15, 0.2) is 0 Å². The molecule has 0 heterocycles. The van der Waals surface area contributed by atoms with Crippen LogP contribution < -0.4 is 4.72 Å². The number of benzene rings is 1. The minimum absolute atomic E-state index is 0.442. The monoisotopic (exact) mass is 308 g/mol. The molecule has 6 heteroatoms. The Hall–Kier alpha value is -1.49. The zero-order valence-corrected chi connectivity index (χ0v) is 13.6. The Kier molecular flexibility index (Phi) is 12.5. The van der Waals surface area contributed by atoms with Gasteiger partial charge in [-0.3, -0.25) is 9.52 Å². The van der Waals surface area contributed by atoms with Gasteiger partial charge in [0.1, 0.15) is 0 Å². The van der Waals surface area contributed by atoms with Gasteiger partial charge in [-0.2, -0.15) is 0 Å². The van der Waals surface area contributed by atoms with Crippen molar-refractivity contribution in [3.05, 3.63) is 45.8 Å². The zero-order chi connectivity index (χ0) is 15.9. The average Bonchev–Trinajstić information content (AvgIpc) is 2.50. The molecule has 21 heavy (non-hydrogen) atoms. The second kappa shape index (κ2) is 13.5. The molecule has 0 bridgehead atoms. The minimum atomic E-state index is -0.525. The summed E-state index contributed by atoms with van der Waals surface area (Å²) in [7, 11) is 0. The predicted molar refractivity (Wildman–Crippen MR) is 90.4 cm³/mol. The van der Waals surface area contributed by atoms with Crippen molar-refractivity contribution in [1.82, 2.24) is 4.72 Å². The van der Waals surface area contributed by atoms with Gasteiger partial charge in [-0.25, -0.2) is 0 Å². The quantitative estimate of drug-likeness (QED) is 0.252. The molecule has 0 saturated heterocycles. The van der Waals surface area contributed by atoms with Gasteiger partial charge < -0.3 is 0 Å². The number of aryl methyl sites for hydroxylation is 1. The molecule has 0 aromatic heterocycles. The summed E-state index contributed by atoms with van der Waals surface area (Å²) >= 11 is 3.75. The van der Waals surface area contributed by atoms with Crippen LogP contribution in [0.1, 0.15) is 55.5 Å². The lowest BCUT2D eigenvalue weighted by Crippen LogP contribution is -1.96. The first-order valence-corrected chi connectivity index (χ1v) is 7.69. The lowest BCUT2D eigenvalue weighted by atomic mass is 10.1. The fourth-order valence-corrected chi connectivity index (χ4v) is 1.83. The first-order chi connectivity index (χ1) is 10.2. The molecule has 5 nitrogen and oxygen atoms in total. The summed E-state index contributed by atoms with van der Waals surface area (Å²) in [6, 6.07) is 7.24. The maximum Gasteiger partial charge on any atom is 0.249 e. The van der Waals surface area contributed by atoms with Gasteiger partial charge in [0.05, 0.1) is 0 Å². The number of amides is 1. The molecule has 1 amide bonds. The molecule has 0 fully saturated rings. The van der Waals surface area contributed by atoms with Gasteiger partial charge in [0, 0.05) is 17.0 Å². The summed E-state index contributed by atoms with van der Waals surface area (Å²) in [4.78, 5) is 13.7. The van der Waals surface area contributed by atoms with Gasteiger partial charge >= 0.3 is 0 Å². The van der Waals surface area contributed by atoms with Crippen LogP contribution in [0.3, 0.4) is 0 Å². The largest absolute Gasteiger partial charge is 0.287 e. The molecule has 1 rings (SSSR count). The first kappa shape index (κ1) is 19.5. The Bertz CT molecular complexity index is 439. The molecule has 0 saturated carbocycles. The number of hydrogen-bond acceptors (Lipinski definition) is 3. The Labute approximate surface area is 132 Å². The van der Waals surface area contributed by atoms with E-state index in [9.17, 15) is 4.79 Å². The molecular weight excluding hydrogens is 284 g/mol. The van der Waals surface area contributed by atoms with Crippen molar-refractivity contribution in [2.24, 2.45) is 5.11 Å². The molecule has 1 aromatic carbocycles. The van der Waals surface area contributed by atoms with Crippen molar-refractivity contribution in [3.63, 3.8) is 0 Å². The molecule has 0 radical (unpaired) electrons. The van der Waals surface area contributed by atoms with Crippen LogP contribution in [0.4, 0.5) is 0 Å². The summed E-state index contributed by atoms with van der Waals surface area (Å²) in [5, 5.41) is 3.04. The Balaban J connectivity index is 0.000000690. The molecule has 0 atom stereocenters. The van der Waals surface area contributed by atoms with Crippen molar-refractivity contribution < 1.29 is 4.79 Å². The summed E-state index contributed by atoms with van der Waals surface area (Å²) in [6.07, 6.45) is 5.78. The van der Waals surface area contributed by atoms with E-state index < -0.39 is 5.91 Å². The highest BCUT2D eigenvalue weighted by Gasteiger charge is 2.02. The van der Waals surface area contributed by atoms with Crippen LogP contribution >= 0.6 is 12.8 Å². The first-order valence-electron chi connectivity index (χ1n) is 7.24. The molecule has 1 aromatic rings. The number of azide groups is 1. The molecule has 0 aliphatic rings. The number of unbranched alkanes of at least 4 members (excludes halogenated alkanes) is 2. The minimum Gasteiger partial charge on any atom is -0.287 e. The van der Waals surface area contributed by atoms with Crippen molar-refractivity contribution in [3.8, 4) is 0 Å². The summed E-state index contributed by atoms with van der Waals surface area (Å²) in [5.41, 5.74) is 9.79. The standard InChI is InChI=1S/C12H15N3O.C3H9NS/c1-2-3-4-5-10-6-8-11(9-7-10)12(16)14-15-13;1-2-3-4-5/h6-9H,2-5H2,1H3;4-5H,2-3H2,1H3. The van der Waals surface area contributed by atoms with E-state index in [2.05, 4.69) is 41.4 Å². The fraction of sp³-hybridized carbons (Fsp3) is 0.533. The SMILES string of the molecule is CCCCCc1ccc(C(=O)N=[N+]=[N-])cc1.CCCNS. The number of carbonyl (C=O) groups is 1. The number of carbonyl (C=O) groups excluding carboxylic acids is 1. The van der Waals surface area contributed by atoms with Crippen LogP contribution in [0.15, 0.2) is 29.4 Å². The van der Waals surface area contributed by atoms with Gasteiger partial charge in [0.25, 0.3) is 0 Å². The normalized spacial score (nSPS) is 9.29. The molecule has 116 valence electrons. The van der Waals surface area contributed by atoms with Crippen LogP contribution in [0.2, 0.25) is 0 Å². The Morgan fingerprint density at radius 1 is 1.24 bits per heavy atom. The third-order valence-corrected chi connectivity index (χ3v) is 2.99. The average molecular weight is 308 g/mol. The molecular formula is C15H24N4OS. The second-order valence-electron chi connectivity index (χ2n) is 4.56. The summed E-state index contributed by atoms with van der Waals surface area (Å²) in [6.45, 7) is 5.27. The van der Waals surface area contributed by atoms with Crippen LogP contribution in [-0.2, 0) is 6.42 Å². The zero-order valence-electron chi connectivity index (χ0n) is 12.7. The number of nitrogens with zero attached hydrogens (tertiary/aromatic N) is 3. The highest BCUT2D eigenvalue weighted by atomic mass is 32.1. The van der Waals surface area contributed by atoms with Crippen LogP contribution in [0.25, 0.3) is 10.4 Å². The molecule has 0 unspecified atom stereocenters. The Morgan fingerprint density at radius 2 is 1.90 bits per heavy atom. The second-order valence-corrected chi connectivity index (χ2v) is 4.87. The molecule has 0 spiro atoms. The van der Waals surface area contributed by atoms with Crippen LogP contribution in [0, 0.1) is 0 Å². The van der Waals surface area contributed by atoms with Crippen molar-refractivity contribution in [1.29, 1.82) is 0 Å². The Morgan fingerprint density at radius 3 is 2.33 bits per heavy atom. The number of rotatable bonds is 7. The molecule has 1 N–H and O–H groups in total. The van der Waals surface area contributed by atoms with Crippen molar-refractivity contribution in [2.45, 2.75) is 46.0 Å². The molecule has 0 aliphatic heterocycles. The van der Waals surface area contributed by atoms with E-state index in [4.69, 9.17) is 5.53 Å². The lowest BCUT2D eigenvalue weighted by molar-refractivity contribution is 0.100. The smallest absolute Gasteiger partial charge is 0.249 e. The van der Waals surface area contributed by atoms with E-state index in [1.165, 1.54) is 24.8 Å². The summed E-state index contributed by atoms with van der Waals surface area (Å²) < 4.78 is 2.71. The van der Waals surface area contributed by atoms with Crippen molar-refractivity contribution in [2.75, 3.05) is 6.54 Å². The number of nitrogens with one attached hydrogen (secondary N) is 1. The fourth-order valence-electron chi connectivity index (χ4n) is 1.60. The number of thiol groups is 1. The van der Waals surface area contributed by atoms with Gasteiger partial charge in [-0.1, -0.05) is 63.8 Å². The highest BCUT2D eigenvalue weighted by molar-refractivity contribution is 7.78. The van der Waals surface area contributed by atoms with Gasteiger partial charge in [-0.15, -0.1) is 0 Å². The number of hydrogen-bond donors (Lipinski definition) is 2. The lowest BCUT2D eigenvalue weighted by Gasteiger charge is -2.01. The van der Waals surface area contributed by atoms with E-state index in [0.717, 1.165) is 19.4 Å². The highest BCUT2D eigenvalue weighted by Crippen LogP contribution is 2.09. The maximum absolute atomic E-state index is 11.2. The van der Waals surface area contributed by atoms with E-state index >= 15 is 0 Å². The van der Waals surface area contributed by atoms with Crippen LogP contribution in [0.5, 0.6) is 0 Å². The maximum atomic E-state index is 11.2. The van der Waals surface area contributed by atoms with Crippen LogP contribution in [-0.4, -0.2) is 12.5 Å². The predicted octanol–water partition coefficient (Wildman–Crippen LogP) is 4.70. The van der Waals surface area contributed by atoms with E-state index in [1.54, 1.807) is 12.1 Å². The van der Waals surface area contributed by atoms with Gasteiger partial charge in [-0.05, 0) is 35.5 Å². The topological polar surface area (TPSA) is 77.9 Å². The molecule has 0 aliphatic carbocycles. The third kappa shape index (κ3) is 9.96. The van der Waals surface area contributed by atoms with E-state index in [-0.39, 0.29) is 0 Å². The summed E-state index contributed by atoms with van der Waals surface area (Å²) in [5.74, 6) is -0.525. The van der Waals surface area contributed by atoms with E-state index in [1.807, 2.05) is 12.1 Å².